The number of rotatable bonds is 7. The zero-order chi connectivity index (χ0) is 14.8. The summed E-state index contributed by atoms with van der Waals surface area (Å²) in [5.74, 6) is 0. The molecule has 0 spiro atoms. The topological polar surface area (TPSA) is 75.4 Å². The van der Waals surface area contributed by atoms with Gasteiger partial charge in [-0.2, -0.15) is 0 Å². The first-order valence-electron chi connectivity index (χ1n) is 6.87. The van der Waals surface area contributed by atoms with Crippen molar-refractivity contribution in [1.29, 1.82) is 0 Å². The Labute approximate surface area is 121 Å². The van der Waals surface area contributed by atoms with E-state index in [0.29, 0.717) is 17.1 Å². The molecule has 0 radical (unpaired) electrons. The molecule has 1 aromatic rings. The maximum absolute atomic E-state index is 12.3. The summed E-state index contributed by atoms with van der Waals surface area (Å²) >= 11 is 0. The fraction of sp³-hybridized carbons (Fsp3) is 0.571. The molecule has 112 valence electrons. The van der Waals surface area contributed by atoms with E-state index < -0.39 is 10.0 Å². The minimum atomic E-state index is -3.42. The second-order valence-corrected chi connectivity index (χ2v) is 7.80. The lowest BCUT2D eigenvalue weighted by molar-refractivity contribution is 0.499. The number of hydrogen-bond acceptors (Lipinski definition) is 4. The van der Waals surface area contributed by atoms with Crippen LogP contribution in [0.15, 0.2) is 29.2 Å². The second kappa shape index (κ2) is 5.71. The Morgan fingerprint density at radius 1 is 1.30 bits per heavy atom. The molecule has 0 aromatic heterocycles. The molecule has 2 rings (SSSR count). The summed E-state index contributed by atoms with van der Waals surface area (Å²) < 4.78 is 25.8. The highest BCUT2D eigenvalue weighted by molar-refractivity contribution is 7.89. The number of sulfonamides is 1. The number of anilines is 1. The molecule has 0 aliphatic heterocycles. The monoisotopic (exact) mass is 297 g/mol. The molecule has 20 heavy (non-hydrogen) atoms. The third kappa shape index (κ3) is 3.13. The predicted molar refractivity (Wildman–Crippen MR) is 81.1 cm³/mol. The third-order valence-corrected chi connectivity index (χ3v) is 5.80. The molecule has 0 bridgehead atoms. The van der Waals surface area contributed by atoms with E-state index in [2.05, 4.69) is 5.32 Å². The Hall–Kier alpha value is -1.11. The number of nitrogens with one attached hydrogen (secondary N) is 1. The molecule has 6 heteroatoms. The van der Waals surface area contributed by atoms with Crippen LogP contribution in [0.3, 0.4) is 0 Å². The van der Waals surface area contributed by atoms with E-state index in [1.807, 2.05) is 12.1 Å². The lowest BCUT2D eigenvalue weighted by atomic mass is 10.0. The first-order valence-corrected chi connectivity index (χ1v) is 8.31. The molecular formula is C14H23N3O2S. The van der Waals surface area contributed by atoms with Crippen molar-refractivity contribution in [1.82, 2.24) is 4.31 Å². The van der Waals surface area contributed by atoms with Crippen LogP contribution in [-0.4, -0.2) is 39.9 Å². The minimum Gasteiger partial charge on any atom is -0.383 e. The van der Waals surface area contributed by atoms with Crippen LogP contribution >= 0.6 is 0 Å². The van der Waals surface area contributed by atoms with E-state index in [4.69, 9.17) is 5.73 Å². The van der Waals surface area contributed by atoms with Crippen LogP contribution in [0.4, 0.5) is 5.69 Å². The quantitative estimate of drug-likeness (QED) is 0.799. The van der Waals surface area contributed by atoms with E-state index in [1.165, 1.54) is 17.1 Å². The fourth-order valence-corrected chi connectivity index (χ4v) is 3.38. The van der Waals surface area contributed by atoms with Crippen LogP contribution in [0, 0.1) is 5.41 Å². The van der Waals surface area contributed by atoms with Gasteiger partial charge in [0.2, 0.25) is 10.0 Å². The molecule has 1 aromatic carbocycles. The molecule has 1 aliphatic rings. The average molecular weight is 297 g/mol. The van der Waals surface area contributed by atoms with Gasteiger partial charge in [-0.1, -0.05) is 12.1 Å². The Balaban J connectivity index is 2.17. The molecule has 3 N–H and O–H groups in total. The van der Waals surface area contributed by atoms with Crippen molar-refractivity contribution < 1.29 is 8.42 Å². The molecule has 0 atom stereocenters. The number of para-hydroxylation sites is 1. The van der Waals surface area contributed by atoms with Gasteiger partial charge in [-0.25, -0.2) is 12.7 Å². The summed E-state index contributed by atoms with van der Waals surface area (Å²) in [5, 5.41) is 3.30. The van der Waals surface area contributed by atoms with Gasteiger partial charge in [0.15, 0.2) is 0 Å². The molecule has 0 amide bonds. The van der Waals surface area contributed by atoms with E-state index in [0.717, 1.165) is 13.0 Å². The SMILES string of the molecule is CN(C)S(=O)(=O)c1ccccc1NCC1(CCN)CC1. The first kappa shape index (κ1) is 15.3. The highest BCUT2D eigenvalue weighted by Gasteiger charge is 2.41. The molecule has 0 saturated heterocycles. The molecule has 1 fully saturated rings. The average Bonchev–Trinajstić information content (AvgIpc) is 3.17. The Morgan fingerprint density at radius 3 is 2.50 bits per heavy atom. The number of benzene rings is 1. The zero-order valence-electron chi connectivity index (χ0n) is 12.1. The van der Waals surface area contributed by atoms with Gasteiger partial charge >= 0.3 is 0 Å². The van der Waals surface area contributed by atoms with Crippen molar-refractivity contribution >= 4 is 15.7 Å². The normalized spacial score (nSPS) is 17.2. The van der Waals surface area contributed by atoms with Gasteiger partial charge in [-0.15, -0.1) is 0 Å². The Bertz CT molecular complexity index is 566. The molecular weight excluding hydrogens is 274 g/mol. The van der Waals surface area contributed by atoms with Gasteiger partial charge in [0, 0.05) is 20.6 Å². The van der Waals surface area contributed by atoms with Gasteiger partial charge in [0.05, 0.1) is 5.69 Å². The van der Waals surface area contributed by atoms with Gasteiger partial charge in [0.25, 0.3) is 0 Å². The van der Waals surface area contributed by atoms with Crippen molar-refractivity contribution in [3.63, 3.8) is 0 Å². The van der Waals surface area contributed by atoms with Gasteiger partial charge in [-0.05, 0) is 43.4 Å². The fourth-order valence-electron chi connectivity index (χ4n) is 2.32. The summed E-state index contributed by atoms with van der Waals surface area (Å²) in [7, 11) is -0.332. The highest BCUT2D eigenvalue weighted by atomic mass is 32.2. The summed E-state index contributed by atoms with van der Waals surface area (Å²) in [6.45, 7) is 1.46. The second-order valence-electron chi connectivity index (χ2n) is 5.68. The standard InChI is InChI=1S/C14H23N3O2S/c1-17(2)20(18,19)13-6-4-3-5-12(13)16-11-14(7-8-14)9-10-15/h3-6,16H,7-11,15H2,1-2H3. The van der Waals surface area contributed by atoms with Crippen LogP contribution < -0.4 is 11.1 Å². The summed E-state index contributed by atoms with van der Waals surface area (Å²) in [6, 6.07) is 7.04. The van der Waals surface area contributed by atoms with Gasteiger partial charge < -0.3 is 11.1 Å². The largest absolute Gasteiger partial charge is 0.383 e. The maximum Gasteiger partial charge on any atom is 0.244 e. The van der Waals surface area contributed by atoms with Crippen molar-refractivity contribution in [2.24, 2.45) is 11.1 Å². The van der Waals surface area contributed by atoms with Crippen LogP contribution in [0.2, 0.25) is 0 Å². The van der Waals surface area contributed by atoms with Crippen molar-refractivity contribution in [3.8, 4) is 0 Å². The van der Waals surface area contributed by atoms with E-state index >= 15 is 0 Å². The van der Waals surface area contributed by atoms with Crippen molar-refractivity contribution in [2.45, 2.75) is 24.2 Å². The summed E-state index contributed by atoms with van der Waals surface area (Å²) in [4.78, 5) is 0.327. The van der Waals surface area contributed by atoms with Crippen LogP contribution in [0.1, 0.15) is 19.3 Å². The molecule has 1 saturated carbocycles. The Morgan fingerprint density at radius 2 is 1.95 bits per heavy atom. The third-order valence-electron chi connectivity index (χ3n) is 3.93. The number of nitrogens with zero attached hydrogens (tertiary/aromatic N) is 1. The van der Waals surface area contributed by atoms with Crippen molar-refractivity contribution in [3.05, 3.63) is 24.3 Å². The summed E-state index contributed by atoms with van der Waals surface area (Å²) in [5.41, 5.74) is 6.57. The Kier molecular flexibility index (Phi) is 4.36. The highest BCUT2D eigenvalue weighted by Crippen LogP contribution is 2.48. The van der Waals surface area contributed by atoms with E-state index in [9.17, 15) is 8.42 Å². The van der Waals surface area contributed by atoms with E-state index in [-0.39, 0.29) is 5.41 Å². The minimum absolute atomic E-state index is 0.268. The first-order chi connectivity index (χ1) is 9.41. The number of nitrogens with two attached hydrogens (primary N) is 1. The van der Waals surface area contributed by atoms with Crippen LogP contribution in [0.5, 0.6) is 0 Å². The predicted octanol–water partition coefficient (Wildman–Crippen LogP) is 1.48. The zero-order valence-corrected chi connectivity index (χ0v) is 12.9. The van der Waals surface area contributed by atoms with Crippen molar-refractivity contribution in [2.75, 3.05) is 32.5 Å². The van der Waals surface area contributed by atoms with Gasteiger partial charge in [0.1, 0.15) is 4.90 Å². The van der Waals surface area contributed by atoms with Crippen LogP contribution in [-0.2, 0) is 10.0 Å². The molecule has 0 heterocycles. The molecule has 1 aliphatic carbocycles. The lowest BCUT2D eigenvalue weighted by Crippen LogP contribution is -2.25. The smallest absolute Gasteiger partial charge is 0.244 e. The van der Waals surface area contributed by atoms with Crippen LogP contribution in [0.25, 0.3) is 0 Å². The maximum atomic E-state index is 12.3. The summed E-state index contributed by atoms with van der Waals surface area (Å²) in [6.07, 6.45) is 3.32. The lowest BCUT2D eigenvalue weighted by Gasteiger charge is -2.19. The molecule has 5 nitrogen and oxygen atoms in total. The van der Waals surface area contributed by atoms with E-state index in [1.54, 1.807) is 26.2 Å². The van der Waals surface area contributed by atoms with Gasteiger partial charge in [-0.3, -0.25) is 0 Å². The molecule has 0 unspecified atom stereocenters. The number of hydrogen-bond donors (Lipinski definition) is 2.